The molecule has 2 aromatic heterocycles. The van der Waals surface area contributed by atoms with Gasteiger partial charge in [0.2, 0.25) is 11.8 Å². The quantitative estimate of drug-likeness (QED) is 0.262. The van der Waals surface area contributed by atoms with Gasteiger partial charge in [0.25, 0.3) is 0 Å². The van der Waals surface area contributed by atoms with E-state index < -0.39 is 0 Å². The molecule has 1 N–H and O–H groups in total. The fourth-order valence-electron chi connectivity index (χ4n) is 5.12. The number of anilines is 1. The average molecular weight is 578 g/mol. The molecule has 0 saturated heterocycles. The Morgan fingerprint density at radius 3 is 2.43 bits per heavy atom. The van der Waals surface area contributed by atoms with Gasteiger partial charge in [0, 0.05) is 30.1 Å². The summed E-state index contributed by atoms with van der Waals surface area (Å²) in [7, 11) is 0. The molecule has 0 radical (unpaired) electrons. The van der Waals surface area contributed by atoms with Crippen LogP contribution in [0.15, 0.2) is 103 Å². The van der Waals surface area contributed by atoms with E-state index in [1.165, 1.54) is 28.8 Å². The van der Waals surface area contributed by atoms with E-state index in [4.69, 9.17) is 5.10 Å². The van der Waals surface area contributed by atoms with E-state index in [2.05, 4.69) is 29.4 Å². The van der Waals surface area contributed by atoms with Crippen LogP contribution in [0.4, 0.5) is 10.2 Å². The molecule has 7 nitrogen and oxygen atoms in total. The number of nitrogens with zero attached hydrogens (tertiary/aromatic N) is 4. The molecule has 1 aliphatic rings. The van der Waals surface area contributed by atoms with Gasteiger partial charge in [-0.15, -0.1) is 11.8 Å². The minimum Gasteiger partial charge on any atom is -0.350 e. The smallest absolute Gasteiger partial charge is 0.240 e. The summed E-state index contributed by atoms with van der Waals surface area (Å²) >= 11 is 1.52. The molecule has 2 amide bonds. The summed E-state index contributed by atoms with van der Waals surface area (Å²) < 4.78 is 15.7. The normalized spacial score (nSPS) is 14.8. The Hall–Kier alpha value is -4.76. The van der Waals surface area contributed by atoms with Crippen molar-refractivity contribution in [2.24, 2.45) is 0 Å². The molecule has 9 heteroatoms. The van der Waals surface area contributed by atoms with Gasteiger partial charge in [0.1, 0.15) is 18.2 Å². The first-order valence-corrected chi connectivity index (χ1v) is 14.6. The second-order valence-electron chi connectivity index (χ2n) is 10.00. The number of halogens is 1. The lowest BCUT2D eigenvalue weighted by Gasteiger charge is -2.23. The standard InChI is InChI=1S/C33H28FN5O2S/c1-22-7-5-6-10-27(22)32-30-31(24-8-3-2-4-9-24)37-39(26-13-11-25(34)12-14-26)33(30)38(29(41)21-42-32)20-28(40)36-19-23-15-17-35-18-16-23/h2-18,32H,19-21H2,1H3,(H,36,40)/t32-/m0/s1. The van der Waals surface area contributed by atoms with Gasteiger partial charge in [-0.1, -0.05) is 54.6 Å². The first-order chi connectivity index (χ1) is 20.5. The number of benzene rings is 3. The van der Waals surface area contributed by atoms with E-state index in [0.717, 1.165) is 27.8 Å². The SMILES string of the molecule is Cc1ccccc1[C@@H]1SCC(=O)N(CC(=O)NCc2ccncc2)c2c1c(-c1ccccc1)nn2-c1ccc(F)cc1. The maximum absolute atomic E-state index is 14.0. The zero-order valence-corrected chi connectivity index (χ0v) is 23.7. The Bertz CT molecular complexity index is 1730. The highest BCUT2D eigenvalue weighted by Crippen LogP contribution is 2.49. The van der Waals surface area contributed by atoms with Crippen molar-refractivity contribution in [1.29, 1.82) is 0 Å². The Balaban J connectivity index is 1.52. The van der Waals surface area contributed by atoms with Crippen molar-refractivity contribution >= 4 is 29.4 Å². The monoisotopic (exact) mass is 577 g/mol. The molecule has 3 aromatic carbocycles. The molecule has 0 bridgehead atoms. The van der Waals surface area contributed by atoms with Gasteiger partial charge < -0.3 is 5.32 Å². The van der Waals surface area contributed by atoms with E-state index in [9.17, 15) is 14.0 Å². The van der Waals surface area contributed by atoms with Gasteiger partial charge in [-0.3, -0.25) is 19.5 Å². The molecule has 42 heavy (non-hydrogen) atoms. The van der Waals surface area contributed by atoms with Crippen LogP contribution in [-0.2, 0) is 16.1 Å². The lowest BCUT2D eigenvalue weighted by atomic mass is 9.97. The fraction of sp³-hybridized carbons (Fsp3) is 0.152. The van der Waals surface area contributed by atoms with Gasteiger partial charge in [-0.05, 0) is 60.0 Å². The zero-order chi connectivity index (χ0) is 29.1. The topological polar surface area (TPSA) is 80.1 Å². The van der Waals surface area contributed by atoms with Gasteiger partial charge in [0.05, 0.1) is 22.4 Å². The van der Waals surface area contributed by atoms with Crippen LogP contribution < -0.4 is 10.2 Å². The number of carbonyl (C=O) groups is 2. The summed E-state index contributed by atoms with van der Waals surface area (Å²) in [5, 5.41) is 7.73. The molecule has 3 heterocycles. The molecule has 0 saturated carbocycles. The Labute approximate surface area is 247 Å². The molecule has 1 atom stereocenters. The number of carbonyl (C=O) groups excluding carboxylic acids is 2. The van der Waals surface area contributed by atoms with E-state index in [1.54, 1.807) is 29.2 Å². The van der Waals surface area contributed by atoms with Crippen molar-refractivity contribution in [3.8, 4) is 16.9 Å². The van der Waals surface area contributed by atoms with Crippen molar-refractivity contribution in [2.75, 3.05) is 17.2 Å². The van der Waals surface area contributed by atoms with E-state index in [1.807, 2.05) is 54.6 Å². The molecule has 0 fully saturated rings. The highest BCUT2D eigenvalue weighted by atomic mass is 32.2. The number of pyridine rings is 1. The van der Waals surface area contributed by atoms with Crippen molar-refractivity contribution in [1.82, 2.24) is 20.1 Å². The van der Waals surface area contributed by atoms with Crippen LogP contribution in [0.25, 0.3) is 16.9 Å². The molecule has 5 aromatic rings. The number of thioether (sulfide) groups is 1. The maximum Gasteiger partial charge on any atom is 0.240 e. The van der Waals surface area contributed by atoms with Crippen molar-refractivity contribution < 1.29 is 14.0 Å². The molecular weight excluding hydrogens is 549 g/mol. The fourth-order valence-corrected chi connectivity index (χ4v) is 6.41. The molecule has 1 aliphatic heterocycles. The highest BCUT2D eigenvalue weighted by molar-refractivity contribution is 8.00. The second kappa shape index (κ2) is 12.0. The number of hydrogen-bond donors (Lipinski definition) is 1. The minimum atomic E-state index is -0.378. The third kappa shape index (κ3) is 5.56. The third-order valence-electron chi connectivity index (χ3n) is 7.22. The lowest BCUT2D eigenvalue weighted by Crippen LogP contribution is -2.42. The number of aromatic nitrogens is 3. The van der Waals surface area contributed by atoms with Crippen LogP contribution in [0.3, 0.4) is 0 Å². The molecule has 0 spiro atoms. The lowest BCUT2D eigenvalue weighted by molar-refractivity contribution is -0.123. The van der Waals surface area contributed by atoms with Gasteiger partial charge in [-0.2, -0.15) is 5.10 Å². The van der Waals surface area contributed by atoms with Crippen LogP contribution in [0.2, 0.25) is 0 Å². The van der Waals surface area contributed by atoms with E-state index >= 15 is 0 Å². The number of amides is 2. The molecule has 0 unspecified atom stereocenters. The summed E-state index contributed by atoms with van der Waals surface area (Å²) in [6.45, 7) is 2.17. The number of aryl methyl sites for hydroxylation is 1. The Morgan fingerprint density at radius 2 is 1.69 bits per heavy atom. The highest BCUT2D eigenvalue weighted by Gasteiger charge is 2.38. The number of nitrogens with one attached hydrogen (secondary N) is 1. The summed E-state index contributed by atoms with van der Waals surface area (Å²) in [4.78, 5) is 32.7. The first-order valence-electron chi connectivity index (χ1n) is 13.6. The Kier molecular flexibility index (Phi) is 7.83. The second-order valence-corrected chi connectivity index (χ2v) is 11.1. The van der Waals surface area contributed by atoms with Crippen LogP contribution in [0.5, 0.6) is 0 Å². The summed E-state index contributed by atoms with van der Waals surface area (Å²) in [6.07, 6.45) is 3.34. The molecule has 210 valence electrons. The third-order valence-corrected chi connectivity index (χ3v) is 8.46. The van der Waals surface area contributed by atoms with Gasteiger partial charge in [0.15, 0.2) is 0 Å². The predicted octanol–water partition coefficient (Wildman–Crippen LogP) is 5.87. The van der Waals surface area contributed by atoms with Crippen LogP contribution in [0.1, 0.15) is 27.5 Å². The van der Waals surface area contributed by atoms with Crippen LogP contribution in [-0.4, -0.2) is 38.9 Å². The molecule has 6 rings (SSSR count). The van der Waals surface area contributed by atoms with Crippen LogP contribution >= 0.6 is 11.8 Å². The van der Waals surface area contributed by atoms with Crippen molar-refractivity contribution in [3.63, 3.8) is 0 Å². The van der Waals surface area contributed by atoms with Crippen molar-refractivity contribution in [3.05, 3.63) is 131 Å². The number of rotatable bonds is 7. The molecular formula is C33H28FN5O2S. The largest absolute Gasteiger partial charge is 0.350 e. The van der Waals surface area contributed by atoms with Gasteiger partial charge >= 0.3 is 0 Å². The van der Waals surface area contributed by atoms with Crippen molar-refractivity contribution in [2.45, 2.75) is 18.7 Å². The van der Waals surface area contributed by atoms with E-state index in [-0.39, 0.29) is 35.2 Å². The Morgan fingerprint density at radius 1 is 0.976 bits per heavy atom. The number of hydrogen-bond acceptors (Lipinski definition) is 5. The zero-order valence-electron chi connectivity index (χ0n) is 22.9. The summed E-state index contributed by atoms with van der Waals surface area (Å²) in [5.74, 6) is -0.221. The predicted molar refractivity (Wildman–Crippen MR) is 163 cm³/mol. The van der Waals surface area contributed by atoms with Crippen LogP contribution in [0, 0.1) is 12.7 Å². The minimum absolute atomic E-state index is 0.170. The maximum atomic E-state index is 14.0. The van der Waals surface area contributed by atoms with E-state index in [0.29, 0.717) is 23.7 Å². The summed E-state index contributed by atoms with van der Waals surface area (Å²) in [5.41, 5.74) is 6.05. The van der Waals surface area contributed by atoms with Gasteiger partial charge in [-0.25, -0.2) is 9.07 Å². The number of fused-ring (bicyclic) bond motifs is 1. The summed E-state index contributed by atoms with van der Waals surface area (Å²) in [6, 6.07) is 27.5. The average Bonchev–Trinajstić information content (AvgIpc) is 3.34. The first kappa shape index (κ1) is 27.4. The molecule has 0 aliphatic carbocycles.